The first-order valence-electron chi connectivity index (χ1n) is 19.2. The number of benzene rings is 4. The van der Waals surface area contributed by atoms with Crippen molar-refractivity contribution in [2.45, 2.75) is 119 Å². The van der Waals surface area contributed by atoms with Crippen LogP contribution in [0.1, 0.15) is 134 Å². The maximum absolute atomic E-state index is 12.7. The summed E-state index contributed by atoms with van der Waals surface area (Å²) in [5.74, 6) is 0.573. The molecule has 1 atom stereocenters. The van der Waals surface area contributed by atoms with Crippen LogP contribution in [0, 0.1) is 23.5 Å². The summed E-state index contributed by atoms with van der Waals surface area (Å²) in [4.78, 5) is 0. The van der Waals surface area contributed by atoms with Crippen molar-refractivity contribution in [2.75, 3.05) is 0 Å². The molecule has 0 bridgehead atoms. The zero-order chi connectivity index (χ0) is 42.0. The van der Waals surface area contributed by atoms with E-state index in [1.165, 1.54) is 75.2 Å². The summed E-state index contributed by atoms with van der Waals surface area (Å²) >= 11 is 0.729. The number of fused-ring (bicyclic) bond motifs is 3. The van der Waals surface area contributed by atoms with Gasteiger partial charge >= 0.3 is 137 Å². The van der Waals surface area contributed by atoms with E-state index in [0.717, 1.165) is 61.3 Å². The maximum atomic E-state index is 12.7. The van der Waals surface area contributed by atoms with Crippen molar-refractivity contribution in [3.8, 4) is 11.1 Å². The molecule has 2 aliphatic carbocycles. The van der Waals surface area contributed by atoms with Gasteiger partial charge in [0.2, 0.25) is 0 Å². The van der Waals surface area contributed by atoms with E-state index < -0.39 is 23.5 Å². The van der Waals surface area contributed by atoms with Crippen LogP contribution in [-0.4, -0.2) is 3.21 Å². The largest absolute Gasteiger partial charge is 1.00 e. The van der Waals surface area contributed by atoms with Gasteiger partial charge in [-0.1, -0.05) is 124 Å². The molecule has 0 saturated heterocycles. The van der Waals surface area contributed by atoms with Gasteiger partial charge in [-0.05, 0) is 28.4 Å². The molecule has 0 aromatic heterocycles. The molecule has 0 spiro atoms. The minimum Gasteiger partial charge on any atom is -1.00 e. The monoisotopic (exact) mass is 916 g/mol. The molecule has 58 heavy (non-hydrogen) atoms. The quantitative estimate of drug-likeness (QED) is 0.125. The van der Waals surface area contributed by atoms with E-state index in [1.807, 2.05) is 0 Å². The number of allylic oxidation sites excluding steroid dienone is 4. The Morgan fingerprint density at radius 3 is 1.57 bits per heavy atom. The molecule has 0 amide bonds. The van der Waals surface area contributed by atoms with Crippen molar-refractivity contribution >= 4 is 3.21 Å². The maximum Gasteiger partial charge on any atom is -1.00 e. The second-order valence-electron chi connectivity index (χ2n) is 17.7. The van der Waals surface area contributed by atoms with Gasteiger partial charge in [-0.25, -0.2) is 5.57 Å². The van der Waals surface area contributed by atoms with Gasteiger partial charge < -0.3 is 24.8 Å². The van der Waals surface area contributed by atoms with Crippen LogP contribution in [0.3, 0.4) is 0 Å². The molecule has 0 saturated carbocycles. The molecule has 0 nitrogen and oxygen atoms in total. The Kier molecular flexibility index (Phi) is 17.5. The Labute approximate surface area is 370 Å². The molecule has 9 heteroatoms. The minimum absolute atomic E-state index is 0. The average Bonchev–Trinajstić information content (AvgIpc) is 3.72. The Morgan fingerprint density at radius 2 is 1.16 bits per heavy atom. The van der Waals surface area contributed by atoms with Gasteiger partial charge in [-0.15, -0.1) is 11.1 Å². The summed E-state index contributed by atoms with van der Waals surface area (Å²) in [5, 5.41) is 0. The van der Waals surface area contributed by atoms with E-state index in [4.69, 9.17) is 0 Å². The van der Waals surface area contributed by atoms with Crippen molar-refractivity contribution in [1.29, 1.82) is 0 Å². The Hall–Kier alpha value is -2.73. The first-order valence-corrected chi connectivity index (χ1v) is 20.4. The Morgan fingerprint density at radius 1 is 0.638 bits per heavy atom. The third-order valence-electron chi connectivity index (χ3n) is 10.1. The molecule has 0 heterocycles. The van der Waals surface area contributed by atoms with E-state index >= 15 is 0 Å². The molecule has 312 valence electrons. The zero-order valence-electron chi connectivity index (χ0n) is 35.3. The molecule has 0 radical (unpaired) electrons. The van der Waals surface area contributed by atoms with Crippen LogP contribution < -0.4 is 24.8 Å². The summed E-state index contributed by atoms with van der Waals surface area (Å²) in [7, 11) is 0. The predicted octanol–water partition coefficient (Wildman–Crippen LogP) is 8.64. The molecule has 0 aliphatic heterocycles. The molecule has 0 fully saturated rings. The van der Waals surface area contributed by atoms with Crippen molar-refractivity contribution in [3.05, 3.63) is 153 Å². The van der Waals surface area contributed by atoms with Crippen molar-refractivity contribution in [2.24, 2.45) is 11.3 Å². The SMILES string of the molecule is CC(C)(C)c1[c-]c2c(cc1)-c1ccc(C(C)(C)C)cc1C2.CCC1=[C-]C(CC)C=C1C(C)(C)C.FC(F)(F)c1cccc([C](=[Zr+2])c2cccc(C(F)(F)F)c2)c1.[Cl-].[Cl-]. The first-order chi connectivity index (χ1) is 25.7. The number of rotatable bonds is 4. The second-order valence-corrected chi connectivity index (χ2v) is 18.9. The van der Waals surface area contributed by atoms with Crippen LogP contribution in [0.2, 0.25) is 0 Å². The number of hydrogen-bond donors (Lipinski definition) is 0. The van der Waals surface area contributed by atoms with Crippen molar-refractivity contribution < 1.29 is 75.4 Å². The molecular formula is C49H54Cl2F6Zr-2. The average molecular weight is 919 g/mol. The van der Waals surface area contributed by atoms with E-state index in [9.17, 15) is 26.3 Å². The van der Waals surface area contributed by atoms with Crippen LogP contribution in [0.5, 0.6) is 0 Å². The fraction of sp³-hybridized carbons (Fsp3) is 0.408. The third kappa shape index (κ3) is 13.1. The van der Waals surface area contributed by atoms with Crippen LogP contribution in [0.25, 0.3) is 11.1 Å². The molecule has 2 aliphatic rings. The number of halogens is 8. The molecular weight excluding hydrogens is 865 g/mol. The Bertz CT molecular complexity index is 1980. The molecule has 4 aromatic carbocycles. The molecule has 0 N–H and O–H groups in total. The van der Waals surface area contributed by atoms with Gasteiger partial charge in [0.1, 0.15) is 0 Å². The van der Waals surface area contributed by atoms with Gasteiger partial charge in [-0.3, -0.25) is 6.08 Å². The zero-order valence-corrected chi connectivity index (χ0v) is 39.3. The van der Waals surface area contributed by atoms with Crippen LogP contribution in [-0.2, 0) is 53.8 Å². The molecule has 6 rings (SSSR count). The van der Waals surface area contributed by atoms with Gasteiger partial charge in [0, 0.05) is 0 Å². The molecule has 4 aromatic rings. The summed E-state index contributed by atoms with van der Waals surface area (Å²) in [6.07, 6.45) is 0.335. The molecule has 1 unspecified atom stereocenters. The summed E-state index contributed by atoms with van der Waals surface area (Å²) in [6, 6.07) is 24.3. The summed E-state index contributed by atoms with van der Waals surface area (Å²) in [6.45, 7) is 24.9. The summed E-state index contributed by atoms with van der Waals surface area (Å²) < 4.78 is 76.7. The minimum atomic E-state index is -4.49. The van der Waals surface area contributed by atoms with E-state index in [-0.39, 0.29) is 46.8 Å². The van der Waals surface area contributed by atoms with Crippen LogP contribution in [0.15, 0.2) is 96.1 Å². The normalized spacial score (nSPS) is 14.9. The Balaban J connectivity index is 0.000000305. The van der Waals surface area contributed by atoms with Gasteiger partial charge in [-0.2, -0.15) is 35.4 Å². The fourth-order valence-corrected chi connectivity index (χ4v) is 7.52. The second kappa shape index (κ2) is 19.8. The fourth-order valence-electron chi connectivity index (χ4n) is 6.76. The van der Waals surface area contributed by atoms with Crippen LogP contribution in [0.4, 0.5) is 26.3 Å². The third-order valence-corrected chi connectivity index (χ3v) is 11.5. The van der Waals surface area contributed by atoms with Crippen molar-refractivity contribution in [1.82, 2.24) is 0 Å². The van der Waals surface area contributed by atoms with Crippen LogP contribution >= 0.6 is 0 Å². The van der Waals surface area contributed by atoms with Gasteiger partial charge in [0.15, 0.2) is 0 Å². The number of alkyl halides is 6. The van der Waals surface area contributed by atoms with E-state index in [0.29, 0.717) is 14.5 Å². The summed E-state index contributed by atoms with van der Waals surface area (Å²) in [5.41, 5.74) is 10.9. The standard InChI is InChI=1S/C21H25.C15H8F6.C13H21.2ClH.Zr/c1-20(2,3)16-7-9-18-14(12-16)11-15-13-17(21(4,5)6)8-10-19(15)18;16-14(17,18)12-5-1-3-10(8-12)7-11-4-2-6-13(9-11)15(19,20)21;1-6-10-8-11(7-2)12(9-10)13(3,4)5;;;/h7-10,12H,11H2,1-6H3;1-6,8-9H;9-10H,6-7H2,1-5H3;2*1H;/q-1;;-1;;;+2/p-2. The smallest absolute Gasteiger partial charge is 1.00 e. The topological polar surface area (TPSA) is 0 Å². The van der Waals surface area contributed by atoms with Gasteiger partial charge in [0.25, 0.3) is 0 Å². The first kappa shape index (κ1) is 51.4. The number of hydrogen-bond acceptors (Lipinski definition) is 0. The predicted molar refractivity (Wildman–Crippen MR) is 215 cm³/mol. The van der Waals surface area contributed by atoms with E-state index in [2.05, 4.69) is 125 Å². The van der Waals surface area contributed by atoms with Gasteiger partial charge in [0.05, 0.1) is 0 Å². The van der Waals surface area contributed by atoms with Crippen molar-refractivity contribution in [3.63, 3.8) is 0 Å². The van der Waals surface area contributed by atoms with E-state index in [1.54, 1.807) is 0 Å².